The molecule has 0 unspecified atom stereocenters. The van der Waals surface area contributed by atoms with Crippen LogP contribution in [0.1, 0.15) is 55.2 Å². The number of halogens is 1. The number of hydrogen-bond acceptors (Lipinski definition) is 2. The van der Waals surface area contributed by atoms with Crippen LogP contribution in [0.25, 0.3) is 0 Å². The van der Waals surface area contributed by atoms with Gasteiger partial charge in [-0.05, 0) is 80.9 Å². The van der Waals surface area contributed by atoms with Crippen molar-refractivity contribution in [1.82, 2.24) is 0 Å². The lowest BCUT2D eigenvalue weighted by Gasteiger charge is -2.23. The Hall–Kier alpha value is -1.32. The molecule has 4 atom stereocenters. The molecule has 1 saturated carbocycles. The zero-order valence-electron chi connectivity index (χ0n) is 15.8. The maximum absolute atomic E-state index is 10.5. The van der Waals surface area contributed by atoms with Gasteiger partial charge in [-0.15, -0.1) is 11.6 Å². The second-order valence-corrected chi connectivity index (χ2v) is 8.10. The fraction of sp³-hybridized carbons (Fsp3) is 0.591. The average Bonchev–Trinajstić information content (AvgIpc) is 2.85. The molecule has 1 aliphatic rings. The molecule has 0 spiro atoms. The van der Waals surface area contributed by atoms with Crippen molar-refractivity contribution in [1.29, 1.82) is 0 Å². The first-order valence-electron chi connectivity index (χ1n) is 9.64. The number of aliphatic hydroxyl groups is 1. The second-order valence-electron chi connectivity index (χ2n) is 7.54. The minimum atomic E-state index is -0.746. The predicted octanol–water partition coefficient (Wildman–Crippen LogP) is 5.04. The van der Waals surface area contributed by atoms with Gasteiger partial charge in [-0.1, -0.05) is 30.4 Å². The van der Waals surface area contributed by atoms with Crippen LogP contribution in [0.2, 0.25) is 0 Å². The summed E-state index contributed by atoms with van der Waals surface area (Å²) in [6.07, 6.45) is 8.94. The fourth-order valence-electron chi connectivity index (χ4n) is 4.01. The van der Waals surface area contributed by atoms with Crippen molar-refractivity contribution < 1.29 is 15.0 Å². The van der Waals surface area contributed by atoms with Crippen LogP contribution in [0.5, 0.6) is 0 Å². The summed E-state index contributed by atoms with van der Waals surface area (Å²) in [4.78, 5) is 10.5. The third-order valence-corrected chi connectivity index (χ3v) is 6.28. The Kier molecular flexibility index (Phi) is 8.17. The third-order valence-electron chi connectivity index (χ3n) is 5.78. The molecular formula is C22H31ClO3. The number of rotatable bonds is 9. The van der Waals surface area contributed by atoms with Gasteiger partial charge in [-0.25, -0.2) is 0 Å². The highest BCUT2D eigenvalue weighted by atomic mass is 35.5. The molecule has 4 heteroatoms. The summed E-state index contributed by atoms with van der Waals surface area (Å²) >= 11 is 6.52. The third kappa shape index (κ3) is 5.85. The molecule has 3 nitrogen and oxygen atoms in total. The highest BCUT2D eigenvalue weighted by molar-refractivity contribution is 6.21. The molecule has 2 N–H and O–H groups in total. The van der Waals surface area contributed by atoms with Gasteiger partial charge in [0, 0.05) is 11.8 Å². The summed E-state index contributed by atoms with van der Waals surface area (Å²) in [7, 11) is 0. The molecule has 0 radical (unpaired) electrons. The second kappa shape index (κ2) is 10.1. The number of aryl methyl sites for hydroxylation is 2. The van der Waals surface area contributed by atoms with Gasteiger partial charge in [-0.3, -0.25) is 4.79 Å². The number of allylic oxidation sites excluding steroid dienone is 2. The minimum Gasteiger partial charge on any atom is -0.481 e. The first-order chi connectivity index (χ1) is 12.4. The highest BCUT2D eigenvalue weighted by Gasteiger charge is 2.40. The van der Waals surface area contributed by atoms with Gasteiger partial charge in [0.1, 0.15) is 0 Å². The summed E-state index contributed by atoms with van der Waals surface area (Å²) in [5, 5.41) is 19.1. The van der Waals surface area contributed by atoms with E-state index in [0.29, 0.717) is 12.8 Å². The van der Waals surface area contributed by atoms with E-state index in [0.717, 1.165) is 25.7 Å². The molecule has 0 aromatic heterocycles. The van der Waals surface area contributed by atoms with E-state index in [1.54, 1.807) is 0 Å². The van der Waals surface area contributed by atoms with Gasteiger partial charge < -0.3 is 10.2 Å². The maximum atomic E-state index is 10.5. The lowest BCUT2D eigenvalue weighted by molar-refractivity contribution is -0.137. The molecule has 0 amide bonds. The van der Waals surface area contributed by atoms with E-state index >= 15 is 0 Å². The Morgan fingerprint density at radius 2 is 2.04 bits per heavy atom. The van der Waals surface area contributed by atoms with Crippen molar-refractivity contribution in [3.8, 4) is 0 Å². The number of benzene rings is 1. The van der Waals surface area contributed by atoms with Crippen LogP contribution in [0, 0.1) is 25.7 Å². The molecule has 26 heavy (non-hydrogen) atoms. The predicted molar refractivity (Wildman–Crippen MR) is 107 cm³/mol. The lowest BCUT2D eigenvalue weighted by atomic mass is 9.85. The molecule has 144 valence electrons. The molecule has 1 aromatic carbocycles. The number of aliphatic hydroxyl groups excluding tert-OH is 1. The van der Waals surface area contributed by atoms with Crippen molar-refractivity contribution in [2.75, 3.05) is 0 Å². The van der Waals surface area contributed by atoms with Gasteiger partial charge in [-0.2, -0.15) is 0 Å². The van der Waals surface area contributed by atoms with Gasteiger partial charge in [0.15, 0.2) is 0 Å². The van der Waals surface area contributed by atoms with E-state index in [2.05, 4.69) is 44.2 Å². The van der Waals surface area contributed by atoms with Crippen molar-refractivity contribution in [2.24, 2.45) is 11.8 Å². The standard InChI is InChI=1S/C22H31ClO3/c1-15-8-7-9-17(16(15)2)12-13-19-18(20(23)14-21(19)24)10-5-3-4-6-11-22(25)26/h3,5,7-9,18-21,24H,4,6,10-14H2,1-2H3,(H,25,26)/b5-3-/t18-,19-,20-,21-/m1/s1. The van der Waals surface area contributed by atoms with Crippen molar-refractivity contribution in [3.05, 3.63) is 47.0 Å². The zero-order chi connectivity index (χ0) is 19.1. The van der Waals surface area contributed by atoms with E-state index in [4.69, 9.17) is 16.7 Å². The van der Waals surface area contributed by atoms with E-state index in [1.165, 1.54) is 16.7 Å². The topological polar surface area (TPSA) is 57.5 Å². The van der Waals surface area contributed by atoms with E-state index in [-0.39, 0.29) is 29.7 Å². The number of carboxylic acid groups (broad SMARTS) is 1. The van der Waals surface area contributed by atoms with Crippen LogP contribution in [0.4, 0.5) is 0 Å². The van der Waals surface area contributed by atoms with E-state index in [1.807, 2.05) is 0 Å². The fourth-order valence-corrected chi connectivity index (χ4v) is 4.48. The van der Waals surface area contributed by atoms with Crippen LogP contribution >= 0.6 is 11.6 Å². The lowest BCUT2D eigenvalue weighted by Crippen LogP contribution is -2.21. The molecule has 0 bridgehead atoms. The summed E-state index contributed by atoms with van der Waals surface area (Å²) in [6.45, 7) is 4.30. The number of aliphatic carboxylic acids is 1. The normalized spacial score (nSPS) is 25.8. The van der Waals surface area contributed by atoms with Crippen LogP contribution in [-0.2, 0) is 11.2 Å². The Morgan fingerprint density at radius 1 is 1.27 bits per heavy atom. The Bertz CT molecular complexity index is 626. The Labute approximate surface area is 162 Å². The molecular weight excluding hydrogens is 348 g/mol. The van der Waals surface area contributed by atoms with Crippen molar-refractivity contribution >= 4 is 17.6 Å². The Morgan fingerprint density at radius 3 is 2.77 bits per heavy atom. The summed E-state index contributed by atoms with van der Waals surface area (Å²) in [5.74, 6) is -0.238. The van der Waals surface area contributed by atoms with Gasteiger partial charge in [0.25, 0.3) is 0 Å². The number of alkyl halides is 1. The summed E-state index contributed by atoms with van der Waals surface area (Å²) in [6, 6.07) is 6.42. The molecule has 0 saturated heterocycles. The van der Waals surface area contributed by atoms with Crippen molar-refractivity contribution in [3.63, 3.8) is 0 Å². The number of carbonyl (C=O) groups is 1. The molecule has 0 aliphatic heterocycles. The quantitative estimate of drug-likeness (QED) is 0.359. The average molecular weight is 379 g/mol. The van der Waals surface area contributed by atoms with Crippen LogP contribution in [0.3, 0.4) is 0 Å². The van der Waals surface area contributed by atoms with E-state index in [9.17, 15) is 9.90 Å². The Balaban J connectivity index is 1.89. The molecule has 1 fully saturated rings. The van der Waals surface area contributed by atoms with Gasteiger partial charge in [0.2, 0.25) is 0 Å². The SMILES string of the molecule is Cc1cccc(CC[C@@H]2[C@@H](C/C=C\CCCC(=O)O)[C@H](Cl)C[C@H]2O)c1C. The monoisotopic (exact) mass is 378 g/mol. The summed E-state index contributed by atoms with van der Waals surface area (Å²) in [5.41, 5.74) is 4.01. The van der Waals surface area contributed by atoms with Crippen LogP contribution < -0.4 is 0 Å². The highest BCUT2D eigenvalue weighted by Crippen LogP contribution is 2.41. The van der Waals surface area contributed by atoms with E-state index < -0.39 is 5.97 Å². The van der Waals surface area contributed by atoms with Gasteiger partial charge in [0.05, 0.1) is 6.10 Å². The smallest absolute Gasteiger partial charge is 0.303 e. The molecule has 1 aliphatic carbocycles. The minimum absolute atomic E-state index is 0.0114. The van der Waals surface area contributed by atoms with Crippen LogP contribution in [-0.4, -0.2) is 27.7 Å². The number of hydrogen-bond donors (Lipinski definition) is 2. The summed E-state index contributed by atoms with van der Waals surface area (Å²) < 4.78 is 0. The molecule has 2 rings (SSSR count). The number of carboxylic acids is 1. The first-order valence-corrected chi connectivity index (χ1v) is 10.1. The van der Waals surface area contributed by atoms with Crippen LogP contribution in [0.15, 0.2) is 30.4 Å². The largest absolute Gasteiger partial charge is 0.481 e. The molecule has 1 aromatic rings. The maximum Gasteiger partial charge on any atom is 0.303 e. The zero-order valence-corrected chi connectivity index (χ0v) is 16.6. The van der Waals surface area contributed by atoms with Crippen molar-refractivity contribution in [2.45, 2.75) is 70.3 Å². The molecule has 0 heterocycles. The van der Waals surface area contributed by atoms with Gasteiger partial charge >= 0.3 is 5.97 Å². The first kappa shape index (κ1) is 21.0. The number of unbranched alkanes of at least 4 members (excludes halogenated alkanes) is 1.